The van der Waals surface area contributed by atoms with E-state index in [0.29, 0.717) is 18.5 Å². The molecule has 1 heterocycles. The van der Waals surface area contributed by atoms with E-state index in [1.54, 1.807) is 0 Å². The van der Waals surface area contributed by atoms with Gasteiger partial charge in [-0.25, -0.2) is 0 Å². The molecule has 1 fully saturated rings. The largest absolute Gasteiger partial charge is 0.313 e. The van der Waals surface area contributed by atoms with E-state index in [-0.39, 0.29) is 0 Å². The summed E-state index contributed by atoms with van der Waals surface area (Å²) in [6.45, 7) is 7.87. The summed E-state index contributed by atoms with van der Waals surface area (Å²) >= 11 is 0. The Morgan fingerprint density at radius 1 is 1.47 bits per heavy atom. The number of unbranched alkanes of at least 4 members (excludes halogenated alkanes) is 1. The van der Waals surface area contributed by atoms with Gasteiger partial charge in [-0.05, 0) is 38.8 Å². The van der Waals surface area contributed by atoms with E-state index in [1.165, 1.54) is 32.2 Å². The highest BCUT2D eigenvalue weighted by Gasteiger charge is 2.22. The summed E-state index contributed by atoms with van der Waals surface area (Å²) in [5.41, 5.74) is 0. The van der Waals surface area contributed by atoms with Gasteiger partial charge in [0.05, 0.1) is 12.5 Å². The van der Waals surface area contributed by atoms with Crippen LogP contribution in [0.2, 0.25) is 0 Å². The van der Waals surface area contributed by atoms with Crippen LogP contribution in [0.25, 0.3) is 0 Å². The molecule has 1 aliphatic rings. The smallest absolute Gasteiger partial charge is 0.0638 e. The van der Waals surface area contributed by atoms with E-state index >= 15 is 0 Å². The summed E-state index contributed by atoms with van der Waals surface area (Å²) in [7, 11) is 0. The van der Waals surface area contributed by atoms with Gasteiger partial charge in [-0.3, -0.25) is 4.90 Å². The molecule has 0 radical (unpaired) electrons. The van der Waals surface area contributed by atoms with Crippen LogP contribution in [0.1, 0.15) is 52.4 Å². The lowest BCUT2D eigenvalue weighted by atomic mass is 10.1. The number of nitrogens with one attached hydrogen (secondary N) is 1. The van der Waals surface area contributed by atoms with Crippen LogP contribution in [0.3, 0.4) is 0 Å². The lowest BCUT2D eigenvalue weighted by Crippen LogP contribution is -2.43. The Hall–Kier alpha value is -0.590. The first-order valence-corrected chi connectivity index (χ1v) is 7.16. The van der Waals surface area contributed by atoms with Crippen molar-refractivity contribution in [1.29, 1.82) is 5.26 Å². The van der Waals surface area contributed by atoms with Crippen LogP contribution in [0.5, 0.6) is 0 Å². The fourth-order valence-corrected chi connectivity index (χ4v) is 2.62. The third-order valence-electron chi connectivity index (χ3n) is 3.73. The number of nitrogens with zero attached hydrogens (tertiary/aromatic N) is 2. The molecule has 0 amide bonds. The van der Waals surface area contributed by atoms with Crippen molar-refractivity contribution in [2.24, 2.45) is 0 Å². The van der Waals surface area contributed by atoms with Gasteiger partial charge in [-0.1, -0.05) is 20.3 Å². The van der Waals surface area contributed by atoms with Crippen LogP contribution >= 0.6 is 0 Å². The van der Waals surface area contributed by atoms with Gasteiger partial charge < -0.3 is 5.32 Å². The van der Waals surface area contributed by atoms with Crippen LogP contribution in [-0.4, -0.2) is 36.6 Å². The summed E-state index contributed by atoms with van der Waals surface area (Å²) in [4.78, 5) is 2.54. The van der Waals surface area contributed by atoms with Gasteiger partial charge in [-0.15, -0.1) is 0 Å². The van der Waals surface area contributed by atoms with Crippen molar-refractivity contribution < 1.29 is 0 Å². The molecule has 0 spiro atoms. The van der Waals surface area contributed by atoms with Gasteiger partial charge in [0.2, 0.25) is 0 Å². The van der Waals surface area contributed by atoms with Crippen LogP contribution in [0, 0.1) is 11.3 Å². The molecule has 3 heteroatoms. The molecular weight excluding hydrogens is 210 g/mol. The van der Waals surface area contributed by atoms with E-state index in [0.717, 1.165) is 19.5 Å². The van der Waals surface area contributed by atoms with Crippen molar-refractivity contribution in [3.8, 4) is 6.07 Å². The van der Waals surface area contributed by atoms with Gasteiger partial charge in [-0.2, -0.15) is 5.26 Å². The van der Waals surface area contributed by atoms with Gasteiger partial charge in [0.15, 0.2) is 0 Å². The predicted octanol–water partition coefficient (Wildman–Crippen LogP) is 2.53. The molecule has 0 aliphatic carbocycles. The summed E-state index contributed by atoms with van der Waals surface area (Å²) < 4.78 is 0. The number of hydrogen-bond acceptors (Lipinski definition) is 3. The van der Waals surface area contributed by atoms with Crippen molar-refractivity contribution in [2.45, 2.75) is 64.5 Å². The lowest BCUT2D eigenvalue weighted by molar-refractivity contribution is 0.174. The van der Waals surface area contributed by atoms with Crippen molar-refractivity contribution >= 4 is 0 Å². The predicted molar refractivity (Wildman–Crippen MR) is 71.8 cm³/mol. The maximum Gasteiger partial charge on any atom is 0.0638 e. The fourth-order valence-electron chi connectivity index (χ4n) is 2.62. The number of rotatable bonds is 8. The van der Waals surface area contributed by atoms with Crippen molar-refractivity contribution in [1.82, 2.24) is 10.2 Å². The highest BCUT2D eigenvalue weighted by molar-refractivity contribution is 4.85. The summed E-state index contributed by atoms with van der Waals surface area (Å²) in [6.07, 6.45) is 6.84. The SMILES string of the molecule is CCCCN(CC1CCCN1)C(CC)CC#N. The third-order valence-corrected chi connectivity index (χ3v) is 3.73. The van der Waals surface area contributed by atoms with Crippen molar-refractivity contribution in [3.63, 3.8) is 0 Å². The van der Waals surface area contributed by atoms with E-state index in [4.69, 9.17) is 5.26 Å². The van der Waals surface area contributed by atoms with Crippen LogP contribution < -0.4 is 5.32 Å². The maximum atomic E-state index is 8.91. The Bertz CT molecular complexity index is 228. The Labute approximate surface area is 106 Å². The fraction of sp³-hybridized carbons (Fsp3) is 0.929. The van der Waals surface area contributed by atoms with Gasteiger partial charge in [0, 0.05) is 18.6 Å². The zero-order valence-corrected chi connectivity index (χ0v) is 11.4. The van der Waals surface area contributed by atoms with Gasteiger partial charge in [0.1, 0.15) is 0 Å². The average Bonchev–Trinajstić information content (AvgIpc) is 2.84. The molecule has 0 bridgehead atoms. The molecule has 0 aromatic heterocycles. The monoisotopic (exact) mass is 237 g/mol. The Morgan fingerprint density at radius 2 is 2.29 bits per heavy atom. The molecule has 3 nitrogen and oxygen atoms in total. The Kier molecular flexibility index (Phi) is 7.23. The van der Waals surface area contributed by atoms with Crippen LogP contribution in [0.4, 0.5) is 0 Å². The van der Waals surface area contributed by atoms with Crippen molar-refractivity contribution in [2.75, 3.05) is 19.6 Å². The molecule has 2 unspecified atom stereocenters. The summed E-state index contributed by atoms with van der Waals surface area (Å²) in [5, 5.41) is 12.5. The minimum absolute atomic E-state index is 0.453. The van der Waals surface area contributed by atoms with E-state index in [9.17, 15) is 0 Å². The summed E-state index contributed by atoms with van der Waals surface area (Å²) in [6, 6.07) is 3.44. The molecule has 98 valence electrons. The van der Waals surface area contributed by atoms with E-state index < -0.39 is 0 Å². The number of nitriles is 1. The van der Waals surface area contributed by atoms with Crippen LogP contribution in [-0.2, 0) is 0 Å². The lowest BCUT2D eigenvalue weighted by Gasteiger charge is -2.32. The molecule has 1 rings (SSSR count). The number of hydrogen-bond donors (Lipinski definition) is 1. The second kappa shape index (κ2) is 8.49. The van der Waals surface area contributed by atoms with E-state index in [2.05, 4.69) is 30.1 Å². The molecule has 1 N–H and O–H groups in total. The quantitative estimate of drug-likeness (QED) is 0.705. The molecule has 17 heavy (non-hydrogen) atoms. The standard InChI is InChI=1S/C14H27N3/c1-3-5-11-17(14(4-2)8-9-15)12-13-7-6-10-16-13/h13-14,16H,3-8,10-12H2,1-2H3. The van der Waals surface area contributed by atoms with E-state index in [1.807, 2.05) is 0 Å². The molecule has 1 saturated heterocycles. The molecule has 0 aromatic rings. The topological polar surface area (TPSA) is 39.1 Å². The zero-order chi connectivity index (χ0) is 12.5. The zero-order valence-electron chi connectivity index (χ0n) is 11.4. The average molecular weight is 237 g/mol. The Morgan fingerprint density at radius 3 is 2.82 bits per heavy atom. The highest BCUT2D eigenvalue weighted by atomic mass is 15.2. The minimum atomic E-state index is 0.453. The summed E-state index contributed by atoms with van der Waals surface area (Å²) in [5.74, 6) is 0. The molecular formula is C14H27N3. The second-order valence-electron chi connectivity index (χ2n) is 5.07. The normalized spacial score (nSPS) is 21.6. The molecule has 0 aromatic carbocycles. The third kappa shape index (κ3) is 5.06. The minimum Gasteiger partial charge on any atom is -0.313 e. The second-order valence-corrected chi connectivity index (χ2v) is 5.07. The van der Waals surface area contributed by atoms with Crippen LogP contribution in [0.15, 0.2) is 0 Å². The highest BCUT2D eigenvalue weighted by Crippen LogP contribution is 2.14. The Balaban J connectivity index is 2.47. The van der Waals surface area contributed by atoms with Gasteiger partial charge >= 0.3 is 0 Å². The van der Waals surface area contributed by atoms with Crippen molar-refractivity contribution in [3.05, 3.63) is 0 Å². The molecule has 1 aliphatic heterocycles. The first kappa shape index (κ1) is 14.5. The molecule has 0 saturated carbocycles. The van der Waals surface area contributed by atoms with Gasteiger partial charge in [0.25, 0.3) is 0 Å². The first-order valence-electron chi connectivity index (χ1n) is 7.16. The first-order chi connectivity index (χ1) is 8.31. The molecule has 2 atom stereocenters. The maximum absolute atomic E-state index is 8.91.